The van der Waals surface area contributed by atoms with Gasteiger partial charge in [0.25, 0.3) is 5.91 Å². The van der Waals surface area contributed by atoms with Crippen molar-refractivity contribution in [1.82, 2.24) is 10.2 Å². The van der Waals surface area contributed by atoms with Gasteiger partial charge in [0.05, 0.1) is 12.2 Å². The molecule has 1 saturated heterocycles. The van der Waals surface area contributed by atoms with E-state index in [9.17, 15) is 18.0 Å². The summed E-state index contributed by atoms with van der Waals surface area (Å²) < 4.78 is 38.6. The molecule has 1 atom stereocenters. The van der Waals surface area contributed by atoms with Crippen LogP contribution in [-0.4, -0.2) is 48.2 Å². The highest BCUT2D eigenvalue weighted by Gasteiger charge is 2.32. The first-order valence-electron chi connectivity index (χ1n) is 10.6. The van der Waals surface area contributed by atoms with Crippen LogP contribution in [0, 0.1) is 5.92 Å². The van der Waals surface area contributed by atoms with Crippen molar-refractivity contribution in [3.8, 4) is 11.1 Å². The monoisotopic (exact) mass is 442 g/mol. The molecule has 0 unspecified atom stereocenters. The van der Waals surface area contributed by atoms with E-state index >= 15 is 0 Å². The molecule has 168 valence electrons. The SMILES string of the molecule is C[C@@H](NC(=O)c1ccc2c(-c3ccc(C(F)(F)F)cc3)cccc2c1)C1CN(CCO)C1. The summed E-state index contributed by atoms with van der Waals surface area (Å²) in [5.41, 5.74) is 1.36. The number of carbonyl (C=O) groups excluding carboxylic acids is 1. The number of β-amino-alcohol motifs (C(OH)–C–C–N with tert-alkyl or cyclic N) is 1. The molecule has 1 aliphatic rings. The third-order valence-corrected chi connectivity index (χ3v) is 6.13. The van der Waals surface area contributed by atoms with Crippen molar-refractivity contribution >= 4 is 16.7 Å². The highest BCUT2D eigenvalue weighted by Crippen LogP contribution is 2.33. The molecule has 1 heterocycles. The Morgan fingerprint density at radius 3 is 2.50 bits per heavy atom. The molecule has 0 radical (unpaired) electrons. The maximum Gasteiger partial charge on any atom is 0.416 e. The number of fused-ring (bicyclic) bond motifs is 1. The van der Waals surface area contributed by atoms with Crippen LogP contribution in [0.3, 0.4) is 0 Å². The van der Waals surface area contributed by atoms with Gasteiger partial charge in [-0.1, -0.05) is 36.4 Å². The van der Waals surface area contributed by atoms with E-state index in [4.69, 9.17) is 5.11 Å². The lowest BCUT2D eigenvalue weighted by atomic mass is 9.92. The van der Waals surface area contributed by atoms with Crippen LogP contribution in [0.4, 0.5) is 13.2 Å². The smallest absolute Gasteiger partial charge is 0.395 e. The average Bonchev–Trinajstić information content (AvgIpc) is 2.74. The number of rotatable bonds is 6. The molecule has 0 bridgehead atoms. The Bertz CT molecular complexity index is 1110. The van der Waals surface area contributed by atoms with Gasteiger partial charge in [-0.15, -0.1) is 0 Å². The fraction of sp³-hybridized carbons (Fsp3) is 0.320. The molecular weight excluding hydrogens is 417 g/mol. The predicted octanol–water partition coefficient (Wildman–Crippen LogP) is 4.57. The summed E-state index contributed by atoms with van der Waals surface area (Å²) in [6.07, 6.45) is -4.37. The van der Waals surface area contributed by atoms with Gasteiger partial charge in [0.2, 0.25) is 0 Å². The Morgan fingerprint density at radius 1 is 1.12 bits per heavy atom. The van der Waals surface area contributed by atoms with E-state index in [2.05, 4.69) is 10.2 Å². The fourth-order valence-corrected chi connectivity index (χ4v) is 4.17. The molecular formula is C25H25F3N2O2. The van der Waals surface area contributed by atoms with Crippen molar-refractivity contribution in [2.75, 3.05) is 26.2 Å². The van der Waals surface area contributed by atoms with Crippen molar-refractivity contribution in [3.05, 3.63) is 71.8 Å². The second-order valence-electron chi connectivity index (χ2n) is 8.32. The number of aliphatic hydroxyl groups is 1. The van der Waals surface area contributed by atoms with Crippen LogP contribution in [0.5, 0.6) is 0 Å². The van der Waals surface area contributed by atoms with Gasteiger partial charge < -0.3 is 15.3 Å². The van der Waals surface area contributed by atoms with Crippen LogP contribution in [0.1, 0.15) is 22.8 Å². The first-order chi connectivity index (χ1) is 15.3. The number of halogens is 3. The van der Waals surface area contributed by atoms with Crippen LogP contribution < -0.4 is 5.32 Å². The van der Waals surface area contributed by atoms with Crippen molar-refractivity contribution in [2.24, 2.45) is 5.92 Å². The van der Waals surface area contributed by atoms with Crippen LogP contribution in [-0.2, 0) is 6.18 Å². The van der Waals surface area contributed by atoms with Gasteiger partial charge in [-0.25, -0.2) is 0 Å². The lowest BCUT2D eigenvalue weighted by molar-refractivity contribution is -0.137. The lowest BCUT2D eigenvalue weighted by Gasteiger charge is -2.42. The van der Waals surface area contributed by atoms with Gasteiger partial charge in [0, 0.05) is 37.2 Å². The first kappa shape index (κ1) is 22.3. The summed E-state index contributed by atoms with van der Waals surface area (Å²) in [4.78, 5) is 14.9. The number of carbonyl (C=O) groups is 1. The number of amides is 1. The van der Waals surface area contributed by atoms with E-state index in [1.807, 2.05) is 37.3 Å². The second-order valence-corrected chi connectivity index (χ2v) is 8.32. The molecule has 1 fully saturated rings. The maximum absolute atomic E-state index is 12.9. The minimum Gasteiger partial charge on any atom is -0.395 e. The number of aliphatic hydroxyl groups excluding tert-OH is 1. The maximum atomic E-state index is 12.9. The molecule has 2 N–H and O–H groups in total. The minimum atomic E-state index is -4.37. The highest BCUT2D eigenvalue weighted by molar-refractivity contribution is 6.02. The lowest BCUT2D eigenvalue weighted by Crippen LogP contribution is -2.56. The number of benzene rings is 3. The fourth-order valence-electron chi connectivity index (χ4n) is 4.17. The molecule has 0 spiro atoms. The zero-order chi connectivity index (χ0) is 22.9. The molecule has 4 nitrogen and oxygen atoms in total. The van der Waals surface area contributed by atoms with E-state index in [0.29, 0.717) is 23.6 Å². The summed E-state index contributed by atoms with van der Waals surface area (Å²) in [6, 6.07) is 16.1. The van der Waals surface area contributed by atoms with Gasteiger partial charge in [-0.05, 0) is 53.1 Å². The molecule has 3 aromatic carbocycles. The first-order valence-corrected chi connectivity index (χ1v) is 10.6. The predicted molar refractivity (Wildman–Crippen MR) is 118 cm³/mol. The molecule has 0 aromatic heterocycles. The third-order valence-electron chi connectivity index (χ3n) is 6.13. The topological polar surface area (TPSA) is 52.6 Å². The normalized spacial score (nSPS) is 16.0. The van der Waals surface area contributed by atoms with Crippen molar-refractivity contribution in [3.63, 3.8) is 0 Å². The summed E-state index contributed by atoms with van der Waals surface area (Å²) in [5, 5.41) is 13.8. The molecule has 32 heavy (non-hydrogen) atoms. The highest BCUT2D eigenvalue weighted by atomic mass is 19.4. The summed E-state index contributed by atoms with van der Waals surface area (Å²) in [6.45, 7) is 4.50. The van der Waals surface area contributed by atoms with Gasteiger partial charge in [0.1, 0.15) is 0 Å². The molecule has 0 saturated carbocycles. The molecule has 4 rings (SSSR count). The second kappa shape index (κ2) is 8.92. The quantitative estimate of drug-likeness (QED) is 0.588. The number of hydrogen-bond donors (Lipinski definition) is 2. The molecule has 3 aromatic rings. The van der Waals surface area contributed by atoms with Crippen LogP contribution in [0.25, 0.3) is 21.9 Å². The number of hydrogen-bond acceptors (Lipinski definition) is 3. The molecule has 0 aliphatic carbocycles. The third kappa shape index (κ3) is 4.64. The van der Waals surface area contributed by atoms with Crippen molar-refractivity contribution in [2.45, 2.75) is 19.1 Å². The number of nitrogens with zero attached hydrogens (tertiary/aromatic N) is 1. The van der Waals surface area contributed by atoms with Crippen LogP contribution in [0.2, 0.25) is 0 Å². The summed E-state index contributed by atoms with van der Waals surface area (Å²) in [5.74, 6) is 0.206. The summed E-state index contributed by atoms with van der Waals surface area (Å²) >= 11 is 0. The standard InChI is InChI=1S/C25H25F3N2O2/c1-16(20-14-30(15-20)11-12-31)29-24(32)19-7-10-23-18(13-19)3-2-4-22(23)17-5-8-21(9-6-17)25(26,27)28/h2-10,13,16,20,31H,11-12,14-15H2,1H3,(H,29,32)/t16-/m1/s1. The number of alkyl halides is 3. The van der Waals surface area contributed by atoms with Gasteiger partial charge >= 0.3 is 6.18 Å². The molecule has 1 aliphatic heterocycles. The van der Waals surface area contributed by atoms with Gasteiger partial charge in [-0.3, -0.25) is 4.79 Å². The average molecular weight is 442 g/mol. The Balaban J connectivity index is 1.51. The van der Waals surface area contributed by atoms with Crippen LogP contribution in [0.15, 0.2) is 60.7 Å². The van der Waals surface area contributed by atoms with E-state index in [0.717, 1.165) is 41.6 Å². The van der Waals surface area contributed by atoms with E-state index in [1.54, 1.807) is 6.07 Å². The van der Waals surface area contributed by atoms with Gasteiger partial charge in [0.15, 0.2) is 0 Å². The zero-order valence-corrected chi connectivity index (χ0v) is 17.7. The Hall–Kier alpha value is -2.90. The van der Waals surface area contributed by atoms with Crippen molar-refractivity contribution < 1.29 is 23.1 Å². The Kier molecular flexibility index (Phi) is 6.22. The minimum absolute atomic E-state index is 0.0200. The Morgan fingerprint density at radius 2 is 1.84 bits per heavy atom. The van der Waals surface area contributed by atoms with E-state index < -0.39 is 11.7 Å². The van der Waals surface area contributed by atoms with E-state index in [-0.39, 0.29) is 18.6 Å². The Labute approximate surface area is 184 Å². The summed E-state index contributed by atoms with van der Waals surface area (Å²) in [7, 11) is 0. The van der Waals surface area contributed by atoms with Gasteiger partial charge in [-0.2, -0.15) is 13.2 Å². The molecule has 7 heteroatoms. The largest absolute Gasteiger partial charge is 0.416 e. The molecule has 1 amide bonds. The van der Waals surface area contributed by atoms with E-state index in [1.165, 1.54) is 12.1 Å². The van der Waals surface area contributed by atoms with Crippen molar-refractivity contribution in [1.29, 1.82) is 0 Å². The van der Waals surface area contributed by atoms with Crippen LogP contribution >= 0.6 is 0 Å². The number of likely N-dealkylation sites (tertiary alicyclic amines) is 1. The zero-order valence-electron chi connectivity index (χ0n) is 17.7. The number of nitrogens with one attached hydrogen (secondary N) is 1.